The summed E-state index contributed by atoms with van der Waals surface area (Å²) in [6.45, 7) is 5.66. The Morgan fingerprint density at radius 1 is 1.12 bits per heavy atom. The highest BCUT2D eigenvalue weighted by atomic mass is 35.5. The first kappa shape index (κ1) is 17.8. The van der Waals surface area contributed by atoms with Crippen LogP contribution in [0.15, 0.2) is 30.3 Å². The van der Waals surface area contributed by atoms with Gasteiger partial charge >= 0.3 is 6.03 Å². The number of rotatable bonds is 7. The van der Waals surface area contributed by atoms with E-state index in [0.29, 0.717) is 29.7 Å². The number of hydrogen-bond donors (Lipinski definition) is 4. The number of carbonyl (C=O) groups is 1. The van der Waals surface area contributed by atoms with E-state index in [9.17, 15) is 4.79 Å². The predicted octanol–water partition coefficient (Wildman–Crippen LogP) is 3.10. The average Bonchev–Trinajstić information content (AvgIpc) is 2.54. The van der Waals surface area contributed by atoms with Crippen LogP contribution in [0.1, 0.15) is 12.6 Å². The summed E-state index contributed by atoms with van der Waals surface area (Å²) in [4.78, 5) is 20.4. The van der Waals surface area contributed by atoms with Crippen molar-refractivity contribution in [3.8, 4) is 0 Å². The molecule has 0 aliphatic rings. The highest BCUT2D eigenvalue weighted by molar-refractivity contribution is 6.30. The molecule has 1 aromatic heterocycles. The van der Waals surface area contributed by atoms with Gasteiger partial charge in [0, 0.05) is 42.1 Å². The maximum absolute atomic E-state index is 11.8. The molecule has 0 aliphatic carbocycles. The lowest BCUT2D eigenvalue weighted by Gasteiger charge is -2.10. The fourth-order valence-corrected chi connectivity index (χ4v) is 2.10. The zero-order chi connectivity index (χ0) is 17.4. The summed E-state index contributed by atoms with van der Waals surface area (Å²) < 4.78 is 0. The number of halogens is 1. The van der Waals surface area contributed by atoms with Crippen LogP contribution in [0, 0.1) is 6.92 Å². The van der Waals surface area contributed by atoms with Crippen molar-refractivity contribution in [3.05, 3.63) is 41.0 Å². The maximum Gasteiger partial charge on any atom is 0.319 e. The minimum absolute atomic E-state index is 0.280. The molecule has 1 heterocycles. The molecule has 0 saturated heterocycles. The summed E-state index contributed by atoms with van der Waals surface area (Å²) >= 11 is 5.80. The van der Waals surface area contributed by atoms with Gasteiger partial charge in [-0.3, -0.25) is 0 Å². The zero-order valence-electron chi connectivity index (χ0n) is 13.7. The van der Waals surface area contributed by atoms with Crippen LogP contribution in [-0.2, 0) is 0 Å². The number of nitrogens with zero attached hydrogens (tertiary/aromatic N) is 2. The Balaban J connectivity index is 1.74. The number of benzene rings is 1. The number of anilines is 3. The van der Waals surface area contributed by atoms with E-state index in [0.717, 1.165) is 18.1 Å². The molecule has 2 amide bonds. The summed E-state index contributed by atoms with van der Waals surface area (Å²) in [5, 5.41) is 12.3. The van der Waals surface area contributed by atoms with Crippen LogP contribution in [0.5, 0.6) is 0 Å². The molecule has 2 rings (SSSR count). The first-order chi connectivity index (χ1) is 11.6. The smallest absolute Gasteiger partial charge is 0.319 e. The molecule has 24 heavy (non-hydrogen) atoms. The molecule has 0 bridgehead atoms. The molecule has 8 heteroatoms. The second-order valence-electron chi connectivity index (χ2n) is 5.06. The van der Waals surface area contributed by atoms with Crippen molar-refractivity contribution in [1.82, 2.24) is 15.3 Å². The van der Waals surface area contributed by atoms with Crippen molar-refractivity contribution in [2.45, 2.75) is 13.8 Å². The molecule has 0 atom stereocenters. The van der Waals surface area contributed by atoms with Crippen molar-refractivity contribution >= 4 is 35.1 Å². The van der Waals surface area contributed by atoms with E-state index < -0.39 is 0 Å². The Hall–Kier alpha value is -2.54. The van der Waals surface area contributed by atoms with Gasteiger partial charge in [0.1, 0.15) is 5.82 Å². The quantitative estimate of drug-likeness (QED) is 0.577. The third kappa shape index (κ3) is 5.92. The van der Waals surface area contributed by atoms with E-state index in [1.165, 1.54) is 0 Å². The molecule has 1 aromatic carbocycles. The third-order valence-corrected chi connectivity index (χ3v) is 3.26. The van der Waals surface area contributed by atoms with E-state index in [2.05, 4.69) is 31.2 Å². The van der Waals surface area contributed by atoms with Gasteiger partial charge in [0.25, 0.3) is 0 Å². The summed E-state index contributed by atoms with van der Waals surface area (Å²) in [7, 11) is 0. The largest absolute Gasteiger partial charge is 0.370 e. The minimum Gasteiger partial charge on any atom is -0.370 e. The number of aryl methyl sites for hydroxylation is 1. The van der Waals surface area contributed by atoms with Gasteiger partial charge < -0.3 is 21.3 Å². The molecule has 0 radical (unpaired) electrons. The van der Waals surface area contributed by atoms with Crippen molar-refractivity contribution in [2.75, 3.05) is 35.6 Å². The molecular weight excluding hydrogens is 328 g/mol. The Kier molecular flexibility index (Phi) is 6.62. The van der Waals surface area contributed by atoms with Crippen LogP contribution in [0.25, 0.3) is 0 Å². The molecule has 0 aliphatic heterocycles. The molecule has 128 valence electrons. The molecule has 4 N–H and O–H groups in total. The van der Waals surface area contributed by atoms with Gasteiger partial charge in [0.2, 0.25) is 5.95 Å². The second kappa shape index (κ2) is 8.93. The summed E-state index contributed by atoms with van der Waals surface area (Å²) in [6, 6.07) is 8.52. The van der Waals surface area contributed by atoms with Crippen molar-refractivity contribution in [2.24, 2.45) is 0 Å². The van der Waals surface area contributed by atoms with Gasteiger partial charge in [-0.1, -0.05) is 11.6 Å². The van der Waals surface area contributed by atoms with Crippen LogP contribution >= 0.6 is 11.6 Å². The van der Waals surface area contributed by atoms with Crippen LogP contribution in [0.3, 0.4) is 0 Å². The van der Waals surface area contributed by atoms with Crippen LogP contribution in [0.2, 0.25) is 5.02 Å². The van der Waals surface area contributed by atoms with Gasteiger partial charge in [-0.2, -0.15) is 4.98 Å². The van der Waals surface area contributed by atoms with Crippen molar-refractivity contribution in [1.29, 1.82) is 0 Å². The van der Waals surface area contributed by atoms with E-state index in [1.54, 1.807) is 24.3 Å². The first-order valence-electron chi connectivity index (χ1n) is 7.70. The fraction of sp³-hybridized carbons (Fsp3) is 0.312. The van der Waals surface area contributed by atoms with Crippen LogP contribution < -0.4 is 21.3 Å². The maximum atomic E-state index is 11.8. The number of nitrogens with one attached hydrogen (secondary N) is 4. The number of carbonyl (C=O) groups excluding carboxylic acids is 1. The third-order valence-electron chi connectivity index (χ3n) is 3.01. The first-order valence-corrected chi connectivity index (χ1v) is 8.08. The molecule has 0 spiro atoms. The molecule has 0 saturated carbocycles. The van der Waals surface area contributed by atoms with Gasteiger partial charge in [0.05, 0.1) is 0 Å². The number of amides is 2. The summed E-state index contributed by atoms with van der Waals surface area (Å²) in [5.74, 6) is 1.31. The van der Waals surface area contributed by atoms with Gasteiger partial charge in [-0.25, -0.2) is 9.78 Å². The Morgan fingerprint density at radius 2 is 1.88 bits per heavy atom. The summed E-state index contributed by atoms with van der Waals surface area (Å²) in [5.41, 5.74) is 1.55. The second-order valence-corrected chi connectivity index (χ2v) is 5.50. The van der Waals surface area contributed by atoms with Gasteiger partial charge in [-0.05, 0) is 38.1 Å². The Labute approximate surface area is 146 Å². The normalized spacial score (nSPS) is 10.1. The van der Waals surface area contributed by atoms with E-state index >= 15 is 0 Å². The average molecular weight is 349 g/mol. The van der Waals surface area contributed by atoms with Crippen LogP contribution in [-0.4, -0.2) is 35.6 Å². The molecule has 0 unspecified atom stereocenters. The van der Waals surface area contributed by atoms with E-state index in [1.807, 2.05) is 19.9 Å². The van der Waals surface area contributed by atoms with Gasteiger partial charge in [0.15, 0.2) is 0 Å². The number of urea groups is 1. The fourth-order valence-electron chi connectivity index (χ4n) is 1.98. The molecular formula is C16H21ClN6O. The van der Waals surface area contributed by atoms with Crippen molar-refractivity contribution in [3.63, 3.8) is 0 Å². The molecule has 7 nitrogen and oxygen atoms in total. The number of hydrogen-bond acceptors (Lipinski definition) is 5. The zero-order valence-corrected chi connectivity index (χ0v) is 14.4. The predicted molar refractivity (Wildman–Crippen MR) is 97.9 cm³/mol. The SMILES string of the molecule is CCNc1cc(C)nc(NCCNC(=O)Nc2ccc(Cl)cc2)n1. The Morgan fingerprint density at radius 3 is 2.58 bits per heavy atom. The highest BCUT2D eigenvalue weighted by Gasteiger charge is 2.03. The molecule has 2 aromatic rings. The summed E-state index contributed by atoms with van der Waals surface area (Å²) in [6.07, 6.45) is 0. The van der Waals surface area contributed by atoms with E-state index in [4.69, 9.17) is 11.6 Å². The van der Waals surface area contributed by atoms with Gasteiger partial charge in [-0.15, -0.1) is 0 Å². The molecule has 0 fully saturated rings. The number of aromatic nitrogens is 2. The highest BCUT2D eigenvalue weighted by Crippen LogP contribution is 2.13. The standard InChI is InChI=1S/C16H21ClN6O/c1-3-18-14-10-11(2)21-15(23-14)19-8-9-20-16(24)22-13-6-4-12(17)5-7-13/h4-7,10H,3,8-9H2,1-2H3,(H2,20,22,24)(H2,18,19,21,23). The monoisotopic (exact) mass is 348 g/mol. The lowest BCUT2D eigenvalue weighted by atomic mass is 10.3. The topological polar surface area (TPSA) is 91.0 Å². The lowest BCUT2D eigenvalue weighted by Crippen LogP contribution is -2.32. The lowest BCUT2D eigenvalue weighted by molar-refractivity contribution is 0.252. The van der Waals surface area contributed by atoms with Crippen LogP contribution in [0.4, 0.5) is 22.2 Å². The van der Waals surface area contributed by atoms with E-state index in [-0.39, 0.29) is 6.03 Å². The Bertz CT molecular complexity index is 677. The minimum atomic E-state index is -0.280. The van der Waals surface area contributed by atoms with Crippen molar-refractivity contribution < 1.29 is 4.79 Å².